The predicted molar refractivity (Wildman–Crippen MR) is 120 cm³/mol. The number of nitrogens with zero attached hydrogens (tertiary/aromatic N) is 3. The molecule has 1 heterocycles. The molecule has 0 aliphatic rings. The van der Waals surface area contributed by atoms with Crippen LogP contribution in [0.15, 0.2) is 71.6 Å². The van der Waals surface area contributed by atoms with Gasteiger partial charge >= 0.3 is 6.01 Å². The van der Waals surface area contributed by atoms with E-state index >= 15 is 0 Å². The molecule has 0 amide bonds. The maximum Gasteiger partial charge on any atom is 0.328 e. The maximum absolute atomic E-state index is 12.5. The second-order valence-corrected chi connectivity index (χ2v) is 8.77. The molecule has 4 rings (SSSR count). The van der Waals surface area contributed by atoms with Crippen LogP contribution in [0.25, 0.3) is 21.7 Å². The molecule has 1 aromatic heterocycles. The number of ether oxygens (including phenoxy) is 2. The number of sulfonamides is 1. The van der Waals surface area contributed by atoms with Gasteiger partial charge in [0.2, 0.25) is 10.0 Å². The van der Waals surface area contributed by atoms with E-state index in [9.17, 15) is 13.7 Å². The molecular weight excluding hydrogens is 448 g/mol. The number of nitrogens with two attached hydrogens (primary N) is 1. The van der Waals surface area contributed by atoms with Crippen LogP contribution in [0.1, 0.15) is 5.56 Å². The number of benzene rings is 3. The molecule has 0 spiro atoms. The first-order chi connectivity index (χ1) is 15.4. The van der Waals surface area contributed by atoms with E-state index in [4.69, 9.17) is 14.6 Å². The molecule has 2 N–H and O–H groups in total. The smallest absolute Gasteiger partial charge is 0.328 e. The van der Waals surface area contributed by atoms with E-state index in [0.717, 1.165) is 22.7 Å². The second kappa shape index (κ2) is 8.76. The van der Waals surface area contributed by atoms with Gasteiger partial charge in [0.15, 0.2) is 0 Å². The third-order valence-corrected chi connectivity index (χ3v) is 6.25. The molecule has 3 aromatic carbocycles. The Morgan fingerprint density at radius 3 is 2.34 bits per heavy atom. The monoisotopic (exact) mass is 464 g/mol. The molecule has 0 bridgehead atoms. The number of nitriles is 1. The van der Waals surface area contributed by atoms with E-state index in [2.05, 4.69) is 9.36 Å². The van der Waals surface area contributed by atoms with Gasteiger partial charge in [-0.15, -0.1) is 4.37 Å². The van der Waals surface area contributed by atoms with Gasteiger partial charge in [-0.3, -0.25) is 0 Å². The zero-order valence-electron chi connectivity index (χ0n) is 16.7. The first kappa shape index (κ1) is 21.5. The number of methoxy groups -OCH3 is 1. The molecular formula is C22H16N4O4S2. The highest BCUT2D eigenvalue weighted by atomic mass is 32.2. The summed E-state index contributed by atoms with van der Waals surface area (Å²) in [6.45, 7) is 0. The first-order valence-electron chi connectivity index (χ1n) is 9.22. The van der Waals surface area contributed by atoms with Gasteiger partial charge < -0.3 is 9.47 Å². The lowest BCUT2D eigenvalue weighted by atomic mass is 10.0. The summed E-state index contributed by atoms with van der Waals surface area (Å²) in [4.78, 5) is 3.75. The lowest BCUT2D eigenvalue weighted by Crippen LogP contribution is -2.16. The van der Waals surface area contributed by atoms with Crippen molar-refractivity contribution in [1.29, 1.82) is 5.26 Å². The lowest BCUT2D eigenvalue weighted by molar-refractivity contribution is 0.386. The molecule has 10 heteroatoms. The van der Waals surface area contributed by atoms with Crippen molar-refractivity contribution < 1.29 is 17.9 Å². The highest BCUT2D eigenvalue weighted by molar-refractivity contribution is 7.89. The molecule has 32 heavy (non-hydrogen) atoms. The Bertz CT molecular complexity index is 1430. The number of rotatable bonds is 6. The Morgan fingerprint density at radius 1 is 0.969 bits per heavy atom. The van der Waals surface area contributed by atoms with Crippen LogP contribution in [0.4, 0.5) is 0 Å². The molecule has 0 radical (unpaired) electrons. The van der Waals surface area contributed by atoms with Crippen LogP contribution in [0, 0.1) is 11.3 Å². The van der Waals surface area contributed by atoms with E-state index in [1.165, 1.54) is 19.2 Å². The van der Waals surface area contributed by atoms with Crippen molar-refractivity contribution in [2.45, 2.75) is 4.90 Å². The van der Waals surface area contributed by atoms with Gasteiger partial charge in [0.1, 0.15) is 33.0 Å². The predicted octanol–water partition coefficient (Wildman–Crippen LogP) is 4.19. The number of aromatic nitrogens is 2. The minimum atomic E-state index is -4.30. The maximum atomic E-state index is 12.5. The Kier molecular flexibility index (Phi) is 5.87. The molecule has 0 atom stereocenters. The van der Waals surface area contributed by atoms with Gasteiger partial charge in [-0.05, 0) is 35.3 Å². The van der Waals surface area contributed by atoms with Crippen molar-refractivity contribution in [2.75, 3.05) is 7.11 Å². The fourth-order valence-electron chi connectivity index (χ4n) is 3.15. The van der Waals surface area contributed by atoms with E-state index in [-0.39, 0.29) is 32.8 Å². The largest absolute Gasteiger partial charge is 0.466 e. The molecule has 0 aliphatic heterocycles. The zero-order valence-corrected chi connectivity index (χ0v) is 18.4. The van der Waals surface area contributed by atoms with Crippen molar-refractivity contribution in [2.24, 2.45) is 5.14 Å². The second-order valence-electron chi connectivity index (χ2n) is 6.52. The van der Waals surface area contributed by atoms with Crippen LogP contribution >= 0.6 is 11.5 Å². The molecule has 0 fully saturated rings. The number of para-hydroxylation sites is 1. The van der Waals surface area contributed by atoms with Crippen molar-refractivity contribution in [3.05, 3.63) is 72.3 Å². The highest BCUT2D eigenvalue weighted by Gasteiger charge is 2.26. The summed E-state index contributed by atoms with van der Waals surface area (Å²) in [5.74, 6) is 0.515. The van der Waals surface area contributed by atoms with E-state index in [0.29, 0.717) is 5.75 Å². The number of hydrogen-bond donors (Lipinski definition) is 1. The fourth-order valence-corrected chi connectivity index (χ4v) is 4.79. The van der Waals surface area contributed by atoms with Crippen molar-refractivity contribution >= 4 is 21.6 Å². The molecule has 0 unspecified atom stereocenters. The molecule has 0 saturated carbocycles. The van der Waals surface area contributed by atoms with Crippen molar-refractivity contribution in [3.8, 4) is 45.3 Å². The topological polar surface area (TPSA) is 128 Å². The zero-order chi connectivity index (χ0) is 22.7. The Balaban J connectivity index is 1.87. The Morgan fingerprint density at radius 2 is 1.69 bits per heavy atom. The van der Waals surface area contributed by atoms with Gasteiger partial charge in [-0.1, -0.05) is 48.5 Å². The van der Waals surface area contributed by atoms with Crippen LogP contribution in [0.5, 0.6) is 17.5 Å². The van der Waals surface area contributed by atoms with Crippen LogP contribution in [0.3, 0.4) is 0 Å². The summed E-state index contributed by atoms with van der Waals surface area (Å²) in [6, 6.07) is 21.8. The summed E-state index contributed by atoms with van der Waals surface area (Å²) in [5.41, 5.74) is 1.62. The average Bonchev–Trinajstić information content (AvgIpc) is 3.28. The van der Waals surface area contributed by atoms with Crippen LogP contribution in [-0.4, -0.2) is 24.9 Å². The summed E-state index contributed by atoms with van der Waals surface area (Å²) >= 11 is 0.930. The van der Waals surface area contributed by atoms with Gasteiger partial charge in [0, 0.05) is 11.1 Å². The quantitative estimate of drug-likeness (QED) is 0.453. The Hall–Kier alpha value is -3.78. The van der Waals surface area contributed by atoms with Crippen LogP contribution in [0.2, 0.25) is 0 Å². The standard InChI is InChI=1S/C22H16N4O4S2/c1-29-22-25-21(31-26-22)16-11-12-19(17(13-23)20(16)32(24,27)28)30-18-10-6-5-9-15(18)14-7-3-2-4-8-14/h2-12H,1H3,(H2,24,27,28). The molecule has 0 aliphatic carbocycles. The number of primary sulfonamides is 1. The molecule has 160 valence electrons. The first-order valence-corrected chi connectivity index (χ1v) is 11.5. The molecule has 4 aromatic rings. The summed E-state index contributed by atoms with van der Waals surface area (Å²) < 4.78 is 39.9. The minimum Gasteiger partial charge on any atom is -0.466 e. The normalized spacial score (nSPS) is 11.0. The van der Waals surface area contributed by atoms with Gasteiger partial charge in [-0.2, -0.15) is 10.2 Å². The van der Waals surface area contributed by atoms with Gasteiger partial charge in [-0.25, -0.2) is 13.6 Å². The van der Waals surface area contributed by atoms with E-state index in [1.807, 2.05) is 48.5 Å². The van der Waals surface area contributed by atoms with Crippen molar-refractivity contribution in [3.63, 3.8) is 0 Å². The third kappa shape index (κ3) is 4.17. The van der Waals surface area contributed by atoms with Gasteiger partial charge in [0.05, 0.1) is 7.11 Å². The third-order valence-electron chi connectivity index (χ3n) is 4.53. The molecule has 8 nitrogen and oxygen atoms in total. The Labute approximate surface area is 188 Å². The number of hydrogen-bond acceptors (Lipinski definition) is 8. The summed E-state index contributed by atoms with van der Waals surface area (Å²) in [5, 5.41) is 15.6. The van der Waals surface area contributed by atoms with Crippen LogP contribution in [-0.2, 0) is 10.0 Å². The van der Waals surface area contributed by atoms with Crippen molar-refractivity contribution in [1.82, 2.24) is 9.36 Å². The van der Waals surface area contributed by atoms with Crippen LogP contribution < -0.4 is 14.6 Å². The van der Waals surface area contributed by atoms with E-state index < -0.39 is 10.0 Å². The SMILES string of the molecule is COc1nsc(-c2ccc(Oc3ccccc3-c3ccccc3)c(C#N)c2S(N)(=O)=O)n1. The average molecular weight is 465 g/mol. The van der Waals surface area contributed by atoms with Gasteiger partial charge in [0.25, 0.3) is 0 Å². The summed E-state index contributed by atoms with van der Waals surface area (Å²) in [6.07, 6.45) is 0. The highest BCUT2D eigenvalue weighted by Crippen LogP contribution is 2.39. The fraction of sp³-hybridized carbons (Fsp3) is 0.0455. The summed E-state index contributed by atoms with van der Waals surface area (Å²) in [7, 11) is -2.91. The molecule has 0 saturated heterocycles. The van der Waals surface area contributed by atoms with E-state index in [1.54, 1.807) is 12.1 Å². The minimum absolute atomic E-state index is 0.0557. The lowest BCUT2D eigenvalue weighted by Gasteiger charge is -2.15.